The molecule has 5 rings (SSSR count). The molecule has 0 bridgehead atoms. The van der Waals surface area contributed by atoms with Crippen LogP contribution >= 0.6 is 0 Å². The van der Waals surface area contributed by atoms with Crippen LogP contribution in [0.4, 0.5) is 17.5 Å². The Morgan fingerprint density at radius 1 is 1.06 bits per heavy atom. The molecule has 162 valence electrons. The molecule has 7 nitrogen and oxygen atoms in total. The van der Waals surface area contributed by atoms with Crippen molar-refractivity contribution in [3.8, 4) is 5.75 Å². The number of aromatic nitrogens is 4. The summed E-state index contributed by atoms with van der Waals surface area (Å²) in [6, 6.07) is 14.5. The third-order valence-corrected chi connectivity index (χ3v) is 5.88. The van der Waals surface area contributed by atoms with E-state index in [0.29, 0.717) is 0 Å². The number of nitrogens with two attached hydrogens (primary N) is 1. The second kappa shape index (κ2) is 7.92. The Morgan fingerprint density at radius 3 is 2.78 bits per heavy atom. The Bertz CT molecular complexity index is 1430. The van der Waals surface area contributed by atoms with Crippen molar-refractivity contribution in [1.29, 1.82) is 0 Å². The number of hydrogen-bond acceptors (Lipinski definition) is 5. The molecule has 3 aromatic heterocycles. The Morgan fingerprint density at radius 2 is 1.94 bits per heavy atom. The number of H-pyrrole nitrogens is 2. The second-order valence-corrected chi connectivity index (χ2v) is 8.07. The highest BCUT2D eigenvalue weighted by atomic mass is 16.5. The van der Waals surface area contributed by atoms with Gasteiger partial charge in [0, 0.05) is 45.1 Å². The van der Waals surface area contributed by atoms with Crippen molar-refractivity contribution in [2.75, 3.05) is 18.2 Å². The van der Waals surface area contributed by atoms with E-state index in [2.05, 4.69) is 62.6 Å². The van der Waals surface area contributed by atoms with Gasteiger partial charge in [0.15, 0.2) is 0 Å². The molecule has 0 aliphatic heterocycles. The summed E-state index contributed by atoms with van der Waals surface area (Å²) in [5.41, 5.74) is 13.4. The fourth-order valence-electron chi connectivity index (χ4n) is 4.33. The normalized spacial score (nSPS) is 11.3. The SMILES string of the molecule is COc1cccc2c(CCc3c(C)nc(N)nc3Nc3ccc4[nH]c(C)cc4c3)c[nH]c12. The lowest BCUT2D eigenvalue weighted by Crippen LogP contribution is -2.08. The number of aromatic amines is 2. The lowest BCUT2D eigenvalue weighted by atomic mass is 10.0. The lowest BCUT2D eigenvalue weighted by molar-refractivity contribution is 0.419. The number of hydrogen-bond donors (Lipinski definition) is 4. The zero-order chi connectivity index (χ0) is 22.2. The molecule has 0 unspecified atom stereocenters. The van der Waals surface area contributed by atoms with Crippen LogP contribution in [0.3, 0.4) is 0 Å². The van der Waals surface area contributed by atoms with Crippen LogP contribution in [0.2, 0.25) is 0 Å². The molecule has 0 radical (unpaired) electrons. The van der Waals surface area contributed by atoms with E-state index in [0.717, 1.165) is 63.5 Å². The first-order valence-electron chi connectivity index (χ1n) is 10.6. The smallest absolute Gasteiger partial charge is 0.222 e. The average molecular weight is 427 g/mol. The first-order chi connectivity index (χ1) is 15.5. The number of nitrogen functional groups attached to an aromatic ring is 1. The highest BCUT2D eigenvalue weighted by molar-refractivity contribution is 5.88. The van der Waals surface area contributed by atoms with Gasteiger partial charge in [-0.05, 0) is 62.6 Å². The van der Waals surface area contributed by atoms with Gasteiger partial charge in [-0.1, -0.05) is 12.1 Å². The quantitative estimate of drug-likeness (QED) is 0.300. The van der Waals surface area contributed by atoms with E-state index < -0.39 is 0 Å². The third-order valence-electron chi connectivity index (χ3n) is 5.88. The van der Waals surface area contributed by atoms with Gasteiger partial charge in [0.2, 0.25) is 5.95 Å². The number of nitrogens with zero attached hydrogens (tertiary/aromatic N) is 2. The van der Waals surface area contributed by atoms with Crippen LogP contribution in [-0.4, -0.2) is 27.0 Å². The Hall–Kier alpha value is -4.00. The Kier molecular flexibility index (Phi) is 4.93. The van der Waals surface area contributed by atoms with Gasteiger partial charge in [-0.2, -0.15) is 4.98 Å². The summed E-state index contributed by atoms with van der Waals surface area (Å²) in [7, 11) is 1.69. The molecule has 0 spiro atoms. The lowest BCUT2D eigenvalue weighted by Gasteiger charge is -2.14. The molecule has 5 aromatic rings. The van der Waals surface area contributed by atoms with Crippen LogP contribution in [0.25, 0.3) is 21.8 Å². The summed E-state index contributed by atoms with van der Waals surface area (Å²) in [5.74, 6) is 1.86. The zero-order valence-corrected chi connectivity index (χ0v) is 18.4. The van der Waals surface area contributed by atoms with Crippen molar-refractivity contribution >= 4 is 39.3 Å². The molecule has 3 heterocycles. The first kappa shape index (κ1) is 19.9. The van der Waals surface area contributed by atoms with E-state index in [-0.39, 0.29) is 5.95 Å². The van der Waals surface area contributed by atoms with Crippen LogP contribution in [0.5, 0.6) is 5.75 Å². The number of rotatable bonds is 6. The van der Waals surface area contributed by atoms with Gasteiger partial charge in [0.25, 0.3) is 0 Å². The number of methoxy groups -OCH3 is 1. The van der Waals surface area contributed by atoms with Gasteiger partial charge in [-0.25, -0.2) is 4.98 Å². The Labute approximate surface area is 186 Å². The number of ether oxygens (including phenoxy) is 1. The monoisotopic (exact) mass is 426 g/mol. The molecule has 0 saturated heterocycles. The van der Waals surface area contributed by atoms with E-state index in [9.17, 15) is 0 Å². The fraction of sp³-hybridized carbons (Fsp3) is 0.200. The van der Waals surface area contributed by atoms with E-state index in [1.165, 1.54) is 10.9 Å². The third kappa shape index (κ3) is 3.62. The molecule has 0 fully saturated rings. The van der Waals surface area contributed by atoms with Gasteiger partial charge < -0.3 is 25.8 Å². The predicted octanol–water partition coefficient (Wildman–Crippen LogP) is 5.18. The topological polar surface area (TPSA) is 105 Å². The average Bonchev–Trinajstić information content (AvgIpc) is 3.35. The van der Waals surface area contributed by atoms with Gasteiger partial charge in [-0.15, -0.1) is 0 Å². The highest BCUT2D eigenvalue weighted by Gasteiger charge is 2.14. The van der Waals surface area contributed by atoms with E-state index in [4.69, 9.17) is 10.5 Å². The largest absolute Gasteiger partial charge is 0.495 e. The van der Waals surface area contributed by atoms with Crippen LogP contribution in [0, 0.1) is 13.8 Å². The number of fused-ring (bicyclic) bond motifs is 2. The van der Waals surface area contributed by atoms with Crippen molar-refractivity contribution < 1.29 is 4.74 Å². The first-order valence-corrected chi connectivity index (χ1v) is 10.6. The minimum absolute atomic E-state index is 0.268. The Balaban J connectivity index is 1.45. The fourth-order valence-corrected chi connectivity index (χ4v) is 4.33. The maximum absolute atomic E-state index is 5.99. The summed E-state index contributed by atoms with van der Waals surface area (Å²) in [5, 5.41) is 5.79. The number of anilines is 3. The molecular formula is C25H26N6O. The molecule has 0 aliphatic carbocycles. The minimum atomic E-state index is 0.268. The summed E-state index contributed by atoms with van der Waals surface area (Å²) in [6.07, 6.45) is 3.67. The molecule has 0 aliphatic rings. The van der Waals surface area contributed by atoms with E-state index in [1.54, 1.807) is 7.11 Å². The number of benzene rings is 2. The maximum Gasteiger partial charge on any atom is 0.222 e. The van der Waals surface area contributed by atoms with Crippen molar-refractivity contribution in [2.24, 2.45) is 0 Å². The predicted molar refractivity (Wildman–Crippen MR) is 130 cm³/mol. The number of aryl methyl sites for hydroxylation is 3. The molecule has 0 saturated carbocycles. The van der Waals surface area contributed by atoms with Crippen LogP contribution in [-0.2, 0) is 12.8 Å². The zero-order valence-electron chi connectivity index (χ0n) is 18.4. The highest BCUT2D eigenvalue weighted by Crippen LogP contribution is 2.30. The van der Waals surface area contributed by atoms with E-state index in [1.807, 2.05) is 25.1 Å². The van der Waals surface area contributed by atoms with Crippen LogP contribution in [0.15, 0.2) is 48.7 Å². The van der Waals surface area contributed by atoms with E-state index >= 15 is 0 Å². The van der Waals surface area contributed by atoms with Gasteiger partial charge in [-0.3, -0.25) is 0 Å². The summed E-state index contributed by atoms with van der Waals surface area (Å²) in [4.78, 5) is 15.6. The van der Waals surface area contributed by atoms with Crippen molar-refractivity contribution in [3.63, 3.8) is 0 Å². The molecule has 0 atom stereocenters. The molecule has 5 N–H and O–H groups in total. The van der Waals surface area contributed by atoms with Gasteiger partial charge in [0.05, 0.1) is 12.6 Å². The molecular weight excluding hydrogens is 400 g/mol. The molecule has 2 aromatic carbocycles. The van der Waals surface area contributed by atoms with Crippen molar-refractivity contribution in [2.45, 2.75) is 26.7 Å². The van der Waals surface area contributed by atoms with Gasteiger partial charge in [0.1, 0.15) is 11.6 Å². The number of nitrogens with one attached hydrogen (secondary N) is 3. The molecule has 32 heavy (non-hydrogen) atoms. The maximum atomic E-state index is 5.99. The molecule has 7 heteroatoms. The standard InChI is InChI=1S/C25H26N6O/c1-14-11-17-12-18(8-10-21(17)28-14)30-24-19(15(2)29-25(26)31-24)9-7-16-13-27-23-20(16)5-4-6-22(23)32-3/h4-6,8,10-13,27-28H,7,9H2,1-3H3,(H3,26,29,30,31). The van der Waals surface area contributed by atoms with Crippen molar-refractivity contribution in [1.82, 2.24) is 19.9 Å². The summed E-state index contributed by atoms with van der Waals surface area (Å²) < 4.78 is 5.48. The minimum Gasteiger partial charge on any atom is -0.495 e. The van der Waals surface area contributed by atoms with Gasteiger partial charge >= 0.3 is 0 Å². The molecule has 0 amide bonds. The second-order valence-electron chi connectivity index (χ2n) is 8.07. The van der Waals surface area contributed by atoms with Crippen LogP contribution < -0.4 is 15.8 Å². The van der Waals surface area contributed by atoms with Crippen molar-refractivity contribution in [3.05, 3.63) is 71.2 Å². The number of para-hydroxylation sites is 1. The van der Waals surface area contributed by atoms with Crippen LogP contribution in [0.1, 0.15) is 22.5 Å². The summed E-state index contributed by atoms with van der Waals surface area (Å²) in [6.45, 7) is 4.04. The summed E-state index contributed by atoms with van der Waals surface area (Å²) >= 11 is 0.